The van der Waals surface area contributed by atoms with Crippen LogP contribution in [-0.2, 0) is 11.3 Å². The van der Waals surface area contributed by atoms with Crippen LogP contribution in [0.2, 0.25) is 0 Å². The molecule has 5 heteroatoms. The molecule has 1 amide bonds. The minimum atomic E-state index is -0.491. The molecule has 0 aliphatic rings. The highest BCUT2D eigenvalue weighted by Gasteiger charge is 2.16. The molecule has 0 saturated carbocycles. The SMILES string of the molecule is CNc1cc(-c2ccc(CNC(=O)OC(C)(C)C)c(C)c2)ccn1. The average molecular weight is 327 g/mol. The normalized spacial score (nSPS) is 11.0. The standard InChI is InChI=1S/C19H25N3O2/c1-13-10-14(15-8-9-21-17(11-15)20-5)6-7-16(13)12-22-18(23)24-19(2,3)4/h6-11H,12H2,1-5H3,(H,20,21)(H,22,23). The Bertz CT molecular complexity index is 721. The number of hydrogen-bond acceptors (Lipinski definition) is 4. The molecule has 0 spiro atoms. The van der Waals surface area contributed by atoms with Gasteiger partial charge in [-0.15, -0.1) is 0 Å². The maximum atomic E-state index is 11.8. The van der Waals surface area contributed by atoms with E-state index in [0.29, 0.717) is 6.54 Å². The van der Waals surface area contributed by atoms with E-state index in [-0.39, 0.29) is 0 Å². The maximum Gasteiger partial charge on any atom is 0.407 e. The summed E-state index contributed by atoms with van der Waals surface area (Å²) in [6.45, 7) is 8.02. The van der Waals surface area contributed by atoms with E-state index in [1.807, 2.05) is 59.0 Å². The van der Waals surface area contributed by atoms with E-state index < -0.39 is 11.7 Å². The third kappa shape index (κ3) is 4.98. The van der Waals surface area contributed by atoms with Crippen molar-refractivity contribution < 1.29 is 9.53 Å². The Morgan fingerprint density at radius 2 is 1.88 bits per heavy atom. The second-order valence-corrected chi connectivity index (χ2v) is 6.68. The van der Waals surface area contributed by atoms with Crippen LogP contribution in [0.25, 0.3) is 11.1 Å². The topological polar surface area (TPSA) is 63.2 Å². The van der Waals surface area contributed by atoms with Crippen LogP contribution in [0.15, 0.2) is 36.5 Å². The minimum Gasteiger partial charge on any atom is -0.444 e. The number of aromatic nitrogens is 1. The fraction of sp³-hybridized carbons (Fsp3) is 0.368. The molecule has 128 valence electrons. The van der Waals surface area contributed by atoms with Crippen LogP contribution >= 0.6 is 0 Å². The Labute approximate surface area is 143 Å². The minimum absolute atomic E-state index is 0.404. The van der Waals surface area contributed by atoms with E-state index in [2.05, 4.69) is 21.7 Å². The van der Waals surface area contributed by atoms with Gasteiger partial charge in [0.25, 0.3) is 0 Å². The van der Waals surface area contributed by atoms with Gasteiger partial charge in [0, 0.05) is 19.8 Å². The number of rotatable bonds is 4. The average Bonchev–Trinajstić information content (AvgIpc) is 2.52. The number of carbonyl (C=O) groups is 1. The van der Waals surface area contributed by atoms with Gasteiger partial charge in [0.15, 0.2) is 0 Å². The lowest BCUT2D eigenvalue weighted by atomic mass is 10.0. The molecule has 0 unspecified atom stereocenters. The summed E-state index contributed by atoms with van der Waals surface area (Å²) in [5.41, 5.74) is 3.91. The van der Waals surface area contributed by atoms with Crippen LogP contribution < -0.4 is 10.6 Å². The molecule has 2 N–H and O–H groups in total. The van der Waals surface area contributed by atoms with Gasteiger partial charge >= 0.3 is 6.09 Å². The Kier molecular flexibility index (Phi) is 5.44. The number of carbonyl (C=O) groups excluding carboxylic acids is 1. The van der Waals surface area contributed by atoms with Crippen molar-refractivity contribution in [3.63, 3.8) is 0 Å². The molecule has 5 nitrogen and oxygen atoms in total. The molecule has 2 aromatic rings. The quantitative estimate of drug-likeness (QED) is 0.886. The van der Waals surface area contributed by atoms with Gasteiger partial charge in [-0.3, -0.25) is 0 Å². The fourth-order valence-electron chi connectivity index (χ4n) is 2.30. The van der Waals surface area contributed by atoms with E-state index in [4.69, 9.17) is 4.74 Å². The van der Waals surface area contributed by atoms with Gasteiger partial charge in [-0.1, -0.05) is 18.2 Å². The van der Waals surface area contributed by atoms with Crippen molar-refractivity contribution in [2.75, 3.05) is 12.4 Å². The van der Waals surface area contributed by atoms with Gasteiger partial charge in [0.2, 0.25) is 0 Å². The molecule has 24 heavy (non-hydrogen) atoms. The zero-order valence-corrected chi connectivity index (χ0v) is 14.9. The van der Waals surface area contributed by atoms with Gasteiger partial charge in [0.1, 0.15) is 11.4 Å². The lowest BCUT2D eigenvalue weighted by Gasteiger charge is -2.20. The molecule has 1 aromatic carbocycles. The Balaban J connectivity index is 2.08. The van der Waals surface area contributed by atoms with E-state index in [0.717, 1.165) is 28.1 Å². The third-order valence-corrected chi connectivity index (χ3v) is 3.51. The van der Waals surface area contributed by atoms with Crippen molar-refractivity contribution in [2.24, 2.45) is 0 Å². The highest BCUT2D eigenvalue weighted by Crippen LogP contribution is 2.23. The van der Waals surface area contributed by atoms with Crippen molar-refractivity contribution in [1.82, 2.24) is 10.3 Å². The summed E-state index contributed by atoms with van der Waals surface area (Å²) in [5.74, 6) is 0.834. The molecule has 2 rings (SSSR count). The van der Waals surface area contributed by atoms with Crippen molar-refractivity contribution in [3.8, 4) is 11.1 Å². The summed E-state index contributed by atoms with van der Waals surface area (Å²) in [4.78, 5) is 16.0. The lowest BCUT2D eigenvalue weighted by molar-refractivity contribution is 0.0523. The lowest BCUT2D eigenvalue weighted by Crippen LogP contribution is -2.32. The summed E-state index contributed by atoms with van der Waals surface area (Å²) < 4.78 is 5.25. The Morgan fingerprint density at radius 1 is 1.17 bits per heavy atom. The summed E-state index contributed by atoms with van der Waals surface area (Å²) in [5, 5.41) is 5.83. The number of aryl methyl sites for hydroxylation is 1. The molecule has 0 aliphatic heterocycles. The first-order valence-electron chi connectivity index (χ1n) is 7.99. The van der Waals surface area contributed by atoms with Crippen LogP contribution in [0, 0.1) is 6.92 Å². The highest BCUT2D eigenvalue weighted by atomic mass is 16.6. The first-order chi connectivity index (χ1) is 11.3. The number of nitrogens with zero attached hydrogens (tertiary/aromatic N) is 1. The smallest absolute Gasteiger partial charge is 0.407 e. The third-order valence-electron chi connectivity index (χ3n) is 3.51. The molecule has 1 heterocycles. The second kappa shape index (κ2) is 7.34. The van der Waals surface area contributed by atoms with Crippen LogP contribution in [0.5, 0.6) is 0 Å². The zero-order chi connectivity index (χ0) is 17.7. The predicted molar refractivity (Wildman–Crippen MR) is 97.0 cm³/mol. The van der Waals surface area contributed by atoms with Gasteiger partial charge in [-0.2, -0.15) is 0 Å². The largest absolute Gasteiger partial charge is 0.444 e. The fourth-order valence-corrected chi connectivity index (χ4v) is 2.30. The van der Waals surface area contributed by atoms with E-state index in [1.54, 1.807) is 6.20 Å². The number of amides is 1. The van der Waals surface area contributed by atoms with Gasteiger partial charge in [-0.05, 0) is 62.1 Å². The summed E-state index contributed by atoms with van der Waals surface area (Å²) in [6, 6.07) is 10.2. The van der Waals surface area contributed by atoms with E-state index in [9.17, 15) is 4.79 Å². The molecule has 0 aliphatic carbocycles. The molecule has 0 saturated heterocycles. The summed E-state index contributed by atoms with van der Waals surface area (Å²) in [7, 11) is 1.85. The number of nitrogens with one attached hydrogen (secondary N) is 2. The number of benzene rings is 1. The molecule has 1 aromatic heterocycles. The number of alkyl carbamates (subject to hydrolysis) is 1. The number of hydrogen-bond donors (Lipinski definition) is 2. The molecule has 0 radical (unpaired) electrons. The van der Waals surface area contributed by atoms with Gasteiger partial charge < -0.3 is 15.4 Å². The number of anilines is 1. The monoisotopic (exact) mass is 327 g/mol. The van der Waals surface area contributed by atoms with Gasteiger partial charge in [0.05, 0.1) is 0 Å². The Morgan fingerprint density at radius 3 is 2.50 bits per heavy atom. The van der Waals surface area contributed by atoms with Crippen LogP contribution in [0.1, 0.15) is 31.9 Å². The highest BCUT2D eigenvalue weighted by molar-refractivity contribution is 5.69. The molecule has 0 fully saturated rings. The summed E-state index contributed by atoms with van der Waals surface area (Å²) >= 11 is 0. The number of ether oxygens (including phenoxy) is 1. The van der Waals surface area contributed by atoms with Crippen LogP contribution in [0.3, 0.4) is 0 Å². The second-order valence-electron chi connectivity index (χ2n) is 6.68. The molecule has 0 atom stereocenters. The molecular formula is C19H25N3O2. The van der Waals surface area contributed by atoms with E-state index >= 15 is 0 Å². The zero-order valence-electron chi connectivity index (χ0n) is 14.9. The summed E-state index contributed by atoms with van der Waals surface area (Å²) in [6.07, 6.45) is 1.38. The van der Waals surface area contributed by atoms with Crippen molar-refractivity contribution in [3.05, 3.63) is 47.7 Å². The van der Waals surface area contributed by atoms with Crippen molar-refractivity contribution in [1.29, 1.82) is 0 Å². The van der Waals surface area contributed by atoms with Gasteiger partial charge in [-0.25, -0.2) is 9.78 Å². The maximum absolute atomic E-state index is 11.8. The first kappa shape index (κ1) is 17.8. The predicted octanol–water partition coefficient (Wildman–Crippen LogP) is 4.12. The van der Waals surface area contributed by atoms with Crippen molar-refractivity contribution >= 4 is 11.9 Å². The number of pyridine rings is 1. The molecule has 0 bridgehead atoms. The van der Waals surface area contributed by atoms with Crippen molar-refractivity contribution in [2.45, 2.75) is 39.8 Å². The first-order valence-corrected chi connectivity index (χ1v) is 7.99. The van der Waals surface area contributed by atoms with E-state index in [1.165, 1.54) is 0 Å². The van der Waals surface area contributed by atoms with Crippen LogP contribution in [0.4, 0.5) is 10.6 Å². The van der Waals surface area contributed by atoms with Crippen LogP contribution in [-0.4, -0.2) is 23.7 Å². The molecular weight excluding hydrogens is 302 g/mol. The Hall–Kier alpha value is -2.56.